The summed E-state index contributed by atoms with van der Waals surface area (Å²) in [6.45, 7) is 12.1. The molecule has 0 aliphatic carbocycles. The summed E-state index contributed by atoms with van der Waals surface area (Å²) < 4.78 is 10.9. The zero-order valence-corrected chi connectivity index (χ0v) is 17.8. The van der Waals surface area contributed by atoms with Gasteiger partial charge >= 0.3 is 0 Å². The van der Waals surface area contributed by atoms with Crippen LogP contribution in [0.3, 0.4) is 0 Å². The van der Waals surface area contributed by atoms with Gasteiger partial charge in [0, 0.05) is 32.2 Å². The SMILES string of the molecule is Cc1ccc(OCC(=O)N2CCN(C(=O)c3cc(C)on3)CC2)c(C(C)(C)C)c1. The Morgan fingerprint density at radius 1 is 1.07 bits per heavy atom. The molecule has 0 atom stereocenters. The number of ether oxygens (including phenoxy) is 1. The molecule has 1 aromatic heterocycles. The Bertz CT molecular complexity index is 890. The predicted molar refractivity (Wildman–Crippen MR) is 109 cm³/mol. The van der Waals surface area contributed by atoms with E-state index in [0.29, 0.717) is 37.6 Å². The number of aryl methyl sites for hydroxylation is 2. The molecule has 0 unspecified atom stereocenters. The molecule has 2 aromatic rings. The molecule has 0 radical (unpaired) electrons. The quantitative estimate of drug-likeness (QED) is 0.790. The van der Waals surface area contributed by atoms with Crippen LogP contribution in [0, 0.1) is 13.8 Å². The van der Waals surface area contributed by atoms with E-state index in [1.165, 1.54) is 0 Å². The highest BCUT2D eigenvalue weighted by atomic mass is 16.5. The lowest BCUT2D eigenvalue weighted by Crippen LogP contribution is -2.51. The number of hydrogen-bond donors (Lipinski definition) is 0. The van der Waals surface area contributed by atoms with E-state index in [-0.39, 0.29) is 23.8 Å². The zero-order valence-electron chi connectivity index (χ0n) is 17.8. The normalized spacial score (nSPS) is 14.8. The number of carbonyl (C=O) groups excluding carboxylic acids is 2. The van der Waals surface area contributed by atoms with Gasteiger partial charge in [-0.3, -0.25) is 9.59 Å². The first-order valence-electron chi connectivity index (χ1n) is 9.89. The molecule has 7 heteroatoms. The van der Waals surface area contributed by atoms with Crippen LogP contribution in [0.4, 0.5) is 0 Å². The Morgan fingerprint density at radius 3 is 2.31 bits per heavy atom. The van der Waals surface area contributed by atoms with E-state index in [2.05, 4.69) is 32.0 Å². The predicted octanol–water partition coefficient (Wildman–Crippen LogP) is 2.95. The molecular formula is C22H29N3O4. The maximum atomic E-state index is 12.6. The molecule has 1 aliphatic rings. The van der Waals surface area contributed by atoms with E-state index in [1.54, 1.807) is 22.8 Å². The summed E-state index contributed by atoms with van der Waals surface area (Å²) in [4.78, 5) is 28.5. The molecule has 0 N–H and O–H groups in total. The minimum Gasteiger partial charge on any atom is -0.483 e. The molecule has 1 aromatic carbocycles. The van der Waals surface area contributed by atoms with Crippen molar-refractivity contribution < 1.29 is 18.8 Å². The average molecular weight is 399 g/mol. The topological polar surface area (TPSA) is 75.9 Å². The number of benzene rings is 1. The Kier molecular flexibility index (Phi) is 5.96. The summed E-state index contributed by atoms with van der Waals surface area (Å²) in [5.41, 5.74) is 2.48. The first kappa shape index (κ1) is 20.9. The molecule has 29 heavy (non-hydrogen) atoms. The van der Waals surface area contributed by atoms with Gasteiger partial charge in [0.1, 0.15) is 11.5 Å². The number of hydrogen-bond acceptors (Lipinski definition) is 5. The van der Waals surface area contributed by atoms with Crippen LogP contribution < -0.4 is 4.74 Å². The van der Waals surface area contributed by atoms with Crippen LogP contribution in [0.25, 0.3) is 0 Å². The highest BCUT2D eigenvalue weighted by Crippen LogP contribution is 2.32. The van der Waals surface area contributed by atoms with Crippen molar-refractivity contribution in [3.63, 3.8) is 0 Å². The lowest BCUT2D eigenvalue weighted by atomic mass is 9.85. The summed E-state index contributed by atoms with van der Waals surface area (Å²) in [6.07, 6.45) is 0. The third-order valence-electron chi connectivity index (χ3n) is 5.06. The van der Waals surface area contributed by atoms with Gasteiger partial charge in [-0.25, -0.2) is 0 Å². The molecule has 1 aliphatic heterocycles. The Morgan fingerprint density at radius 2 is 1.72 bits per heavy atom. The van der Waals surface area contributed by atoms with Gasteiger partial charge in [0.15, 0.2) is 12.3 Å². The van der Waals surface area contributed by atoms with Crippen molar-refractivity contribution in [2.45, 2.75) is 40.0 Å². The van der Waals surface area contributed by atoms with Gasteiger partial charge in [-0.1, -0.05) is 43.6 Å². The first-order chi connectivity index (χ1) is 13.6. The van der Waals surface area contributed by atoms with Crippen molar-refractivity contribution in [2.75, 3.05) is 32.8 Å². The van der Waals surface area contributed by atoms with Crippen LogP contribution in [0.15, 0.2) is 28.8 Å². The summed E-state index contributed by atoms with van der Waals surface area (Å²) in [6, 6.07) is 7.66. The largest absolute Gasteiger partial charge is 0.483 e. The number of amides is 2. The molecular weight excluding hydrogens is 370 g/mol. The molecule has 0 bridgehead atoms. The fourth-order valence-electron chi connectivity index (χ4n) is 3.37. The summed E-state index contributed by atoms with van der Waals surface area (Å²) in [7, 11) is 0. The minimum atomic E-state index is -0.167. The third-order valence-corrected chi connectivity index (χ3v) is 5.06. The van der Waals surface area contributed by atoms with Crippen molar-refractivity contribution in [3.8, 4) is 5.75 Å². The number of aromatic nitrogens is 1. The highest BCUT2D eigenvalue weighted by molar-refractivity contribution is 5.92. The molecule has 1 fully saturated rings. The summed E-state index contributed by atoms with van der Waals surface area (Å²) in [5.74, 6) is 1.10. The van der Waals surface area contributed by atoms with E-state index in [0.717, 1.165) is 16.9 Å². The average Bonchev–Trinajstić information content (AvgIpc) is 3.12. The fraction of sp³-hybridized carbons (Fsp3) is 0.500. The van der Waals surface area contributed by atoms with Crippen LogP contribution >= 0.6 is 0 Å². The van der Waals surface area contributed by atoms with Gasteiger partial charge in [-0.2, -0.15) is 0 Å². The maximum absolute atomic E-state index is 12.6. The van der Waals surface area contributed by atoms with Crippen LogP contribution in [0.5, 0.6) is 5.75 Å². The van der Waals surface area contributed by atoms with Crippen LogP contribution in [0.1, 0.15) is 48.1 Å². The van der Waals surface area contributed by atoms with Crippen LogP contribution in [-0.4, -0.2) is 59.6 Å². The summed E-state index contributed by atoms with van der Waals surface area (Å²) in [5, 5.41) is 3.78. The van der Waals surface area contributed by atoms with Crippen molar-refractivity contribution in [2.24, 2.45) is 0 Å². The molecule has 0 saturated carbocycles. The van der Waals surface area contributed by atoms with E-state index < -0.39 is 0 Å². The lowest BCUT2D eigenvalue weighted by molar-refractivity contribution is -0.134. The second kappa shape index (κ2) is 8.27. The second-order valence-electron chi connectivity index (χ2n) is 8.53. The van der Waals surface area contributed by atoms with Gasteiger partial charge in [0.25, 0.3) is 11.8 Å². The number of piperazine rings is 1. The van der Waals surface area contributed by atoms with Crippen molar-refractivity contribution in [1.82, 2.24) is 15.0 Å². The van der Waals surface area contributed by atoms with Crippen LogP contribution in [0.2, 0.25) is 0 Å². The molecule has 7 nitrogen and oxygen atoms in total. The highest BCUT2D eigenvalue weighted by Gasteiger charge is 2.27. The van der Waals surface area contributed by atoms with Crippen molar-refractivity contribution in [3.05, 3.63) is 46.8 Å². The van der Waals surface area contributed by atoms with Crippen molar-refractivity contribution in [1.29, 1.82) is 0 Å². The monoisotopic (exact) mass is 399 g/mol. The molecule has 0 spiro atoms. The van der Waals surface area contributed by atoms with E-state index in [4.69, 9.17) is 9.26 Å². The van der Waals surface area contributed by atoms with Gasteiger partial charge in [0.2, 0.25) is 0 Å². The molecule has 2 amide bonds. The second-order valence-corrected chi connectivity index (χ2v) is 8.53. The molecule has 3 rings (SSSR count). The van der Waals surface area contributed by atoms with E-state index in [1.807, 2.05) is 19.1 Å². The van der Waals surface area contributed by atoms with Gasteiger partial charge in [-0.15, -0.1) is 0 Å². The van der Waals surface area contributed by atoms with E-state index in [9.17, 15) is 9.59 Å². The number of rotatable bonds is 4. The van der Waals surface area contributed by atoms with E-state index >= 15 is 0 Å². The molecule has 156 valence electrons. The van der Waals surface area contributed by atoms with Gasteiger partial charge in [-0.05, 0) is 30.9 Å². The Hall–Kier alpha value is -2.83. The standard InChI is InChI=1S/C22H29N3O4/c1-15-6-7-19(17(12-15)22(3,4)5)28-14-20(26)24-8-10-25(11-9-24)21(27)18-13-16(2)29-23-18/h6-7,12-13H,8-11,14H2,1-5H3. The van der Waals surface area contributed by atoms with Crippen LogP contribution in [-0.2, 0) is 10.2 Å². The van der Waals surface area contributed by atoms with Crippen molar-refractivity contribution >= 4 is 11.8 Å². The van der Waals surface area contributed by atoms with Gasteiger partial charge < -0.3 is 19.1 Å². The number of carbonyl (C=O) groups is 2. The van der Waals surface area contributed by atoms with Gasteiger partial charge in [0.05, 0.1) is 0 Å². The smallest absolute Gasteiger partial charge is 0.276 e. The Labute approximate surface area is 171 Å². The number of nitrogens with zero attached hydrogens (tertiary/aromatic N) is 3. The zero-order chi connectivity index (χ0) is 21.2. The fourth-order valence-corrected chi connectivity index (χ4v) is 3.37. The molecule has 2 heterocycles. The lowest BCUT2D eigenvalue weighted by Gasteiger charge is -2.34. The maximum Gasteiger partial charge on any atom is 0.276 e. The Balaban J connectivity index is 1.55. The third kappa shape index (κ3) is 4.96. The summed E-state index contributed by atoms with van der Waals surface area (Å²) >= 11 is 0. The minimum absolute atomic E-state index is 0.0113. The first-order valence-corrected chi connectivity index (χ1v) is 9.89. The molecule has 1 saturated heterocycles.